The predicted molar refractivity (Wildman–Crippen MR) is 69.6 cm³/mol. The largest absolute Gasteiger partial charge is 0.476 e. The molecule has 1 saturated carbocycles. The number of nitrogens with two attached hydrogens (primary N) is 1. The van der Waals surface area contributed by atoms with Gasteiger partial charge in [-0.05, 0) is 50.8 Å². The SMILES string of the molecule is CC1(C)Oc2ccc(CC3(N)CC3)cc2NC1=O. The molecular formula is C14H18N2O2. The van der Waals surface area contributed by atoms with Gasteiger partial charge in [-0.1, -0.05) is 6.07 Å². The van der Waals surface area contributed by atoms with E-state index in [9.17, 15) is 4.79 Å². The van der Waals surface area contributed by atoms with Crippen molar-refractivity contribution in [2.75, 3.05) is 5.32 Å². The van der Waals surface area contributed by atoms with Gasteiger partial charge in [0.2, 0.25) is 0 Å². The monoisotopic (exact) mass is 246 g/mol. The van der Waals surface area contributed by atoms with Gasteiger partial charge in [0.05, 0.1) is 5.69 Å². The lowest BCUT2D eigenvalue weighted by Gasteiger charge is -2.31. The van der Waals surface area contributed by atoms with Crippen LogP contribution in [-0.4, -0.2) is 17.0 Å². The van der Waals surface area contributed by atoms with Crippen molar-refractivity contribution >= 4 is 11.6 Å². The Morgan fingerprint density at radius 2 is 2.11 bits per heavy atom. The summed E-state index contributed by atoms with van der Waals surface area (Å²) in [6, 6.07) is 5.91. The fourth-order valence-electron chi connectivity index (χ4n) is 2.21. The second kappa shape index (κ2) is 3.48. The molecule has 2 aliphatic rings. The van der Waals surface area contributed by atoms with Gasteiger partial charge in [-0.15, -0.1) is 0 Å². The van der Waals surface area contributed by atoms with E-state index in [0.29, 0.717) is 0 Å². The van der Waals surface area contributed by atoms with Crippen molar-refractivity contribution in [1.82, 2.24) is 0 Å². The van der Waals surface area contributed by atoms with Gasteiger partial charge in [0.15, 0.2) is 5.60 Å². The smallest absolute Gasteiger partial charge is 0.268 e. The molecule has 1 aromatic rings. The Balaban J connectivity index is 1.88. The highest BCUT2D eigenvalue weighted by Gasteiger charge is 2.39. The summed E-state index contributed by atoms with van der Waals surface area (Å²) in [5.74, 6) is 0.617. The number of carbonyl (C=O) groups excluding carboxylic acids is 1. The normalized spacial score (nSPS) is 22.7. The quantitative estimate of drug-likeness (QED) is 0.836. The van der Waals surface area contributed by atoms with Crippen molar-refractivity contribution in [3.8, 4) is 5.75 Å². The minimum Gasteiger partial charge on any atom is -0.476 e. The van der Waals surface area contributed by atoms with Crippen molar-refractivity contribution < 1.29 is 9.53 Å². The van der Waals surface area contributed by atoms with Gasteiger partial charge in [0.1, 0.15) is 5.75 Å². The lowest BCUT2D eigenvalue weighted by molar-refractivity contribution is -0.129. The van der Waals surface area contributed by atoms with Crippen molar-refractivity contribution in [3.63, 3.8) is 0 Å². The van der Waals surface area contributed by atoms with Crippen LogP contribution in [0.4, 0.5) is 5.69 Å². The summed E-state index contributed by atoms with van der Waals surface area (Å²) in [7, 11) is 0. The van der Waals surface area contributed by atoms with E-state index >= 15 is 0 Å². The van der Waals surface area contributed by atoms with Crippen molar-refractivity contribution in [1.29, 1.82) is 0 Å². The predicted octanol–water partition coefficient (Wildman–Crippen LogP) is 1.83. The van der Waals surface area contributed by atoms with E-state index in [1.54, 1.807) is 13.8 Å². The van der Waals surface area contributed by atoms with E-state index in [1.807, 2.05) is 18.2 Å². The summed E-state index contributed by atoms with van der Waals surface area (Å²) < 4.78 is 5.69. The molecule has 0 bridgehead atoms. The molecular weight excluding hydrogens is 228 g/mol. The van der Waals surface area contributed by atoms with Gasteiger partial charge in [0.25, 0.3) is 5.91 Å². The van der Waals surface area contributed by atoms with E-state index in [0.717, 1.165) is 36.3 Å². The van der Waals surface area contributed by atoms with Crippen LogP contribution in [0.3, 0.4) is 0 Å². The average molecular weight is 246 g/mol. The number of fused-ring (bicyclic) bond motifs is 1. The molecule has 3 N–H and O–H groups in total. The van der Waals surface area contributed by atoms with Crippen LogP contribution < -0.4 is 15.8 Å². The first-order chi connectivity index (χ1) is 8.38. The van der Waals surface area contributed by atoms with E-state index in [2.05, 4.69) is 5.32 Å². The van der Waals surface area contributed by atoms with Crippen LogP contribution in [0, 0.1) is 0 Å². The molecule has 0 aromatic heterocycles. The van der Waals surface area contributed by atoms with Crippen LogP contribution >= 0.6 is 0 Å². The summed E-state index contributed by atoms with van der Waals surface area (Å²) in [6.07, 6.45) is 3.03. The van der Waals surface area contributed by atoms with Gasteiger partial charge in [-0.2, -0.15) is 0 Å². The maximum absolute atomic E-state index is 11.8. The molecule has 0 unspecified atom stereocenters. The maximum Gasteiger partial charge on any atom is 0.268 e. The molecule has 4 nitrogen and oxygen atoms in total. The van der Waals surface area contributed by atoms with Crippen molar-refractivity contribution in [2.45, 2.75) is 44.2 Å². The standard InChI is InChI=1S/C14H18N2O2/c1-13(2)12(17)16-10-7-9(3-4-11(10)18-13)8-14(15)5-6-14/h3-4,7H,5-6,8,15H2,1-2H3,(H,16,17). The molecule has 4 heteroatoms. The third-order valence-corrected chi connectivity index (χ3v) is 3.65. The van der Waals surface area contributed by atoms with Crippen LogP contribution in [0.2, 0.25) is 0 Å². The summed E-state index contributed by atoms with van der Waals surface area (Å²) >= 11 is 0. The molecule has 18 heavy (non-hydrogen) atoms. The van der Waals surface area contributed by atoms with Crippen LogP contribution in [0.25, 0.3) is 0 Å². The van der Waals surface area contributed by atoms with Crippen molar-refractivity contribution in [2.24, 2.45) is 5.73 Å². The Morgan fingerprint density at radius 3 is 2.78 bits per heavy atom. The Labute approximate surface area is 107 Å². The molecule has 0 spiro atoms. The topological polar surface area (TPSA) is 64.3 Å². The number of benzene rings is 1. The Hall–Kier alpha value is -1.55. The molecule has 1 aliphatic carbocycles. The van der Waals surface area contributed by atoms with Gasteiger partial charge in [-0.3, -0.25) is 4.79 Å². The lowest BCUT2D eigenvalue weighted by atomic mass is 10.0. The second-order valence-corrected chi connectivity index (χ2v) is 5.94. The molecule has 3 rings (SSSR count). The third kappa shape index (κ3) is 1.97. The number of rotatable bonds is 2. The number of hydrogen-bond donors (Lipinski definition) is 2. The molecule has 1 heterocycles. The Morgan fingerprint density at radius 1 is 1.39 bits per heavy atom. The average Bonchev–Trinajstić information content (AvgIpc) is 2.98. The highest BCUT2D eigenvalue weighted by Crippen LogP contribution is 2.39. The van der Waals surface area contributed by atoms with E-state index < -0.39 is 5.60 Å². The molecule has 0 atom stereocenters. The summed E-state index contributed by atoms with van der Waals surface area (Å²) in [5.41, 5.74) is 7.18. The Bertz CT molecular complexity index is 519. The molecule has 96 valence electrons. The first kappa shape index (κ1) is 11.5. The number of ether oxygens (including phenoxy) is 1. The zero-order valence-electron chi connectivity index (χ0n) is 10.7. The second-order valence-electron chi connectivity index (χ2n) is 5.94. The zero-order valence-corrected chi connectivity index (χ0v) is 10.7. The number of nitrogens with one attached hydrogen (secondary N) is 1. The zero-order chi connectivity index (χ0) is 13.0. The van der Waals surface area contributed by atoms with Gasteiger partial charge < -0.3 is 15.8 Å². The molecule has 1 aromatic carbocycles. The fraction of sp³-hybridized carbons (Fsp3) is 0.500. The van der Waals surface area contributed by atoms with Gasteiger partial charge in [0, 0.05) is 5.54 Å². The number of anilines is 1. The van der Waals surface area contributed by atoms with Crippen LogP contribution in [0.5, 0.6) is 5.75 Å². The van der Waals surface area contributed by atoms with Crippen molar-refractivity contribution in [3.05, 3.63) is 23.8 Å². The molecule has 1 amide bonds. The lowest BCUT2D eigenvalue weighted by Crippen LogP contribution is -2.45. The van der Waals surface area contributed by atoms with E-state index in [-0.39, 0.29) is 11.4 Å². The maximum atomic E-state index is 11.8. The molecule has 0 saturated heterocycles. The van der Waals surface area contributed by atoms with Crippen LogP contribution in [0.15, 0.2) is 18.2 Å². The Kier molecular flexibility index (Phi) is 2.23. The number of amides is 1. The number of carbonyl (C=O) groups is 1. The van der Waals surface area contributed by atoms with E-state index in [1.165, 1.54) is 0 Å². The van der Waals surface area contributed by atoms with Crippen LogP contribution in [0.1, 0.15) is 32.3 Å². The summed E-state index contributed by atoms with van der Waals surface area (Å²) in [5, 5.41) is 2.89. The fourth-order valence-corrected chi connectivity index (χ4v) is 2.21. The summed E-state index contributed by atoms with van der Waals surface area (Å²) in [6.45, 7) is 3.52. The summed E-state index contributed by atoms with van der Waals surface area (Å²) in [4.78, 5) is 11.8. The first-order valence-corrected chi connectivity index (χ1v) is 6.30. The van der Waals surface area contributed by atoms with Gasteiger partial charge >= 0.3 is 0 Å². The minimum atomic E-state index is -0.805. The van der Waals surface area contributed by atoms with Crippen LogP contribution in [-0.2, 0) is 11.2 Å². The minimum absolute atomic E-state index is 0.0208. The third-order valence-electron chi connectivity index (χ3n) is 3.65. The van der Waals surface area contributed by atoms with E-state index in [4.69, 9.17) is 10.5 Å². The molecule has 1 fully saturated rings. The highest BCUT2D eigenvalue weighted by molar-refractivity contribution is 6.00. The molecule has 0 radical (unpaired) electrons. The van der Waals surface area contributed by atoms with Gasteiger partial charge in [-0.25, -0.2) is 0 Å². The first-order valence-electron chi connectivity index (χ1n) is 6.30. The number of hydrogen-bond acceptors (Lipinski definition) is 3. The molecule has 1 aliphatic heterocycles. The highest BCUT2D eigenvalue weighted by atomic mass is 16.5.